The average molecular weight is 351 g/mol. The molecular formula is C16H15BrO2S. The Labute approximate surface area is 131 Å². The van der Waals surface area contributed by atoms with Crippen molar-refractivity contribution in [3.8, 4) is 5.75 Å². The first-order chi connectivity index (χ1) is 9.65. The molecular weight excluding hydrogens is 336 g/mol. The molecule has 4 heteroatoms. The summed E-state index contributed by atoms with van der Waals surface area (Å²) in [6, 6.07) is 14.6. The Balaban J connectivity index is 1.74. The molecule has 0 aliphatic carbocycles. The van der Waals surface area contributed by atoms with Crippen molar-refractivity contribution in [1.29, 1.82) is 0 Å². The van der Waals surface area contributed by atoms with E-state index in [9.17, 15) is 9.90 Å². The third-order valence-corrected chi connectivity index (χ3v) is 4.45. The summed E-state index contributed by atoms with van der Waals surface area (Å²) in [7, 11) is 0. The van der Waals surface area contributed by atoms with E-state index in [1.165, 1.54) is 0 Å². The Morgan fingerprint density at radius 1 is 1.05 bits per heavy atom. The van der Waals surface area contributed by atoms with Gasteiger partial charge < -0.3 is 5.11 Å². The first kappa shape index (κ1) is 15.1. The number of benzene rings is 2. The molecule has 0 saturated heterocycles. The first-order valence-electron chi connectivity index (χ1n) is 6.36. The van der Waals surface area contributed by atoms with E-state index in [0.717, 1.165) is 27.1 Å². The van der Waals surface area contributed by atoms with E-state index >= 15 is 0 Å². The summed E-state index contributed by atoms with van der Waals surface area (Å²) in [5.74, 6) is 1.36. The highest BCUT2D eigenvalue weighted by molar-refractivity contribution is 9.10. The van der Waals surface area contributed by atoms with Crippen LogP contribution in [-0.4, -0.2) is 16.6 Å². The van der Waals surface area contributed by atoms with E-state index < -0.39 is 0 Å². The van der Waals surface area contributed by atoms with Gasteiger partial charge in [-0.15, -0.1) is 11.8 Å². The Morgan fingerprint density at radius 3 is 2.35 bits per heavy atom. The number of aromatic hydroxyl groups is 1. The van der Waals surface area contributed by atoms with Gasteiger partial charge in [0.05, 0.1) is 0 Å². The summed E-state index contributed by atoms with van der Waals surface area (Å²) < 4.78 is 0.983. The maximum Gasteiger partial charge on any atom is 0.162 e. The molecule has 2 aromatic carbocycles. The van der Waals surface area contributed by atoms with E-state index in [-0.39, 0.29) is 11.5 Å². The van der Waals surface area contributed by atoms with Crippen molar-refractivity contribution in [2.24, 2.45) is 0 Å². The summed E-state index contributed by atoms with van der Waals surface area (Å²) in [5, 5.41) is 9.19. The van der Waals surface area contributed by atoms with Gasteiger partial charge in [-0.3, -0.25) is 4.79 Å². The molecule has 0 heterocycles. The van der Waals surface area contributed by atoms with Crippen LogP contribution in [0.2, 0.25) is 0 Å². The Morgan fingerprint density at radius 2 is 1.70 bits per heavy atom. The number of phenolic OH excluding ortho intramolecular Hbond substituents is 1. The number of hydrogen-bond donors (Lipinski definition) is 1. The number of hydrogen-bond acceptors (Lipinski definition) is 3. The minimum Gasteiger partial charge on any atom is -0.508 e. The lowest BCUT2D eigenvalue weighted by molar-refractivity contribution is 0.0982. The zero-order chi connectivity index (χ0) is 14.4. The second-order valence-corrected chi connectivity index (χ2v) is 6.46. The standard InChI is InChI=1S/C16H15BrO2S/c17-13-5-3-12(4-6-13)16(19)2-1-11-20-15-9-7-14(18)8-10-15/h3-10,18H,1-2,11H2. The van der Waals surface area contributed by atoms with Gasteiger partial charge in [0.2, 0.25) is 0 Å². The monoisotopic (exact) mass is 350 g/mol. The number of ketones is 1. The average Bonchev–Trinajstić information content (AvgIpc) is 2.46. The van der Waals surface area contributed by atoms with E-state index in [0.29, 0.717) is 6.42 Å². The van der Waals surface area contributed by atoms with E-state index in [1.807, 2.05) is 36.4 Å². The van der Waals surface area contributed by atoms with Crippen LogP contribution in [0.3, 0.4) is 0 Å². The number of halogens is 1. The van der Waals surface area contributed by atoms with Crippen molar-refractivity contribution in [3.05, 3.63) is 58.6 Å². The molecule has 2 nitrogen and oxygen atoms in total. The van der Waals surface area contributed by atoms with Crippen LogP contribution < -0.4 is 0 Å². The van der Waals surface area contributed by atoms with Gasteiger partial charge in [-0.2, -0.15) is 0 Å². The molecule has 0 radical (unpaired) electrons. The molecule has 0 aliphatic heterocycles. The lowest BCUT2D eigenvalue weighted by atomic mass is 10.1. The quantitative estimate of drug-likeness (QED) is 0.456. The first-order valence-corrected chi connectivity index (χ1v) is 8.13. The van der Waals surface area contributed by atoms with Crippen LogP contribution in [0, 0.1) is 0 Å². The third kappa shape index (κ3) is 4.69. The molecule has 1 N–H and O–H groups in total. The molecule has 104 valence electrons. The van der Waals surface area contributed by atoms with Crippen LogP contribution in [0.25, 0.3) is 0 Å². The van der Waals surface area contributed by atoms with Crippen molar-refractivity contribution in [1.82, 2.24) is 0 Å². The SMILES string of the molecule is O=C(CCCSc1ccc(O)cc1)c1ccc(Br)cc1. The normalized spacial score (nSPS) is 10.4. The van der Waals surface area contributed by atoms with Crippen molar-refractivity contribution in [2.45, 2.75) is 17.7 Å². The summed E-state index contributed by atoms with van der Waals surface area (Å²) in [6.07, 6.45) is 1.41. The van der Waals surface area contributed by atoms with Gasteiger partial charge in [0.25, 0.3) is 0 Å². The Kier molecular flexibility index (Phi) is 5.68. The summed E-state index contributed by atoms with van der Waals surface area (Å²) in [4.78, 5) is 13.1. The Bertz CT molecular complexity index is 564. The molecule has 20 heavy (non-hydrogen) atoms. The van der Waals surface area contributed by atoms with Gasteiger partial charge in [0, 0.05) is 21.4 Å². The van der Waals surface area contributed by atoms with Gasteiger partial charge in [0.1, 0.15) is 5.75 Å². The van der Waals surface area contributed by atoms with Crippen molar-refractivity contribution >= 4 is 33.5 Å². The van der Waals surface area contributed by atoms with Gasteiger partial charge in [-0.1, -0.05) is 28.1 Å². The highest BCUT2D eigenvalue weighted by atomic mass is 79.9. The van der Waals surface area contributed by atoms with E-state index in [2.05, 4.69) is 15.9 Å². The third-order valence-electron chi connectivity index (χ3n) is 2.82. The summed E-state index contributed by atoms with van der Waals surface area (Å²) in [6.45, 7) is 0. The van der Waals surface area contributed by atoms with Gasteiger partial charge >= 0.3 is 0 Å². The second kappa shape index (κ2) is 7.50. The van der Waals surface area contributed by atoms with Crippen LogP contribution in [0.5, 0.6) is 5.75 Å². The maximum absolute atomic E-state index is 12.0. The van der Waals surface area contributed by atoms with Crippen molar-refractivity contribution < 1.29 is 9.90 Å². The second-order valence-electron chi connectivity index (χ2n) is 4.38. The van der Waals surface area contributed by atoms with Crippen LogP contribution >= 0.6 is 27.7 Å². The fraction of sp³-hybridized carbons (Fsp3) is 0.188. The van der Waals surface area contributed by atoms with E-state index in [4.69, 9.17) is 0 Å². The van der Waals surface area contributed by atoms with E-state index in [1.54, 1.807) is 23.9 Å². The summed E-state index contributed by atoms with van der Waals surface area (Å²) >= 11 is 5.05. The topological polar surface area (TPSA) is 37.3 Å². The molecule has 0 aromatic heterocycles. The van der Waals surface area contributed by atoms with Gasteiger partial charge in [-0.25, -0.2) is 0 Å². The number of Topliss-reactive ketones (excluding diaryl/α,β-unsaturated/α-hetero) is 1. The predicted molar refractivity (Wildman–Crippen MR) is 86.5 cm³/mol. The van der Waals surface area contributed by atoms with Crippen LogP contribution in [0.4, 0.5) is 0 Å². The zero-order valence-electron chi connectivity index (χ0n) is 10.9. The molecule has 0 bridgehead atoms. The van der Waals surface area contributed by atoms with Crippen molar-refractivity contribution in [2.75, 3.05) is 5.75 Å². The molecule has 0 atom stereocenters. The number of rotatable bonds is 6. The van der Waals surface area contributed by atoms with Crippen LogP contribution in [0.15, 0.2) is 57.9 Å². The molecule has 0 spiro atoms. The zero-order valence-corrected chi connectivity index (χ0v) is 13.3. The smallest absolute Gasteiger partial charge is 0.162 e. The van der Waals surface area contributed by atoms with Gasteiger partial charge in [0.15, 0.2) is 5.78 Å². The lowest BCUT2D eigenvalue weighted by Gasteiger charge is -2.03. The predicted octanol–water partition coefficient (Wildman–Crippen LogP) is 4.91. The molecule has 0 unspecified atom stereocenters. The minimum absolute atomic E-state index is 0.184. The molecule has 2 aromatic rings. The van der Waals surface area contributed by atoms with Crippen LogP contribution in [-0.2, 0) is 0 Å². The molecule has 0 aliphatic rings. The highest BCUT2D eigenvalue weighted by Crippen LogP contribution is 2.22. The lowest BCUT2D eigenvalue weighted by Crippen LogP contribution is -1.99. The van der Waals surface area contributed by atoms with Crippen LogP contribution in [0.1, 0.15) is 23.2 Å². The molecule has 0 saturated carbocycles. The van der Waals surface area contributed by atoms with Gasteiger partial charge in [-0.05, 0) is 48.6 Å². The highest BCUT2D eigenvalue weighted by Gasteiger charge is 2.05. The van der Waals surface area contributed by atoms with Crippen molar-refractivity contribution in [3.63, 3.8) is 0 Å². The Hall–Kier alpha value is -1.26. The maximum atomic E-state index is 12.0. The molecule has 2 rings (SSSR count). The number of carbonyl (C=O) groups excluding carboxylic acids is 1. The fourth-order valence-corrected chi connectivity index (χ4v) is 2.86. The number of carbonyl (C=O) groups is 1. The molecule has 0 amide bonds. The summed E-state index contributed by atoms with van der Waals surface area (Å²) in [5.41, 5.74) is 0.767. The fourth-order valence-electron chi connectivity index (χ4n) is 1.75. The molecule has 0 fully saturated rings. The number of thioether (sulfide) groups is 1. The largest absolute Gasteiger partial charge is 0.508 e. The minimum atomic E-state index is 0.184. The number of phenols is 1.